The number of phenolic OH excluding ortho intramolecular Hbond substituents is 1. The summed E-state index contributed by atoms with van der Waals surface area (Å²) in [5, 5.41) is 12.4. The number of amides is 1. The number of ether oxygens (including phenoxy) is 2. The second-order valence-corrected chi connectivity index (χ2v) is 12.5. The number of para-hydroxylation sites is 1. The van der Waals surface area contributed by atoms with Gasteiger partial charge in [0.05, 0.1) is 5.69 Å². The van der Waals surface area contributed by atoms with Gasteiger partial charge in [-0.1, -0.05) is 74.2 Å². The Hall–Kier alpha value is -3.55. The molecule has 1 aliphatic heterocycles. The minimum absolute atomic E-state index is 0.257. The van der Waals surface area contributed by atoms with Gasteiger partial charge in [0, 0.05) is 24.7 Å². The molecule has 0 aromatic heterocycles. The van der Waals surface area contributed by atoms with Crippen molar-refractivity contribution in [2.45, 2.75) is 76.9 Å². The van der Waals surface area contributed by atoms with Gasteiger partial charge in [0.1, 0.15) is 23.7 Å². The standard InChI is InChI=1S/C37H51N3O4/c1-30(29-43-33-21-19-32(41)20-22-33)39(3)25-13-6-4-5-7-14-26-40-27-23-37(2,24-28-40)44-36(42)38-35-18-12-11-17-34(35)31-15-9-8-10-16-31/h8-12,15-22,30,41H,4-7,13-14,23-29H2,1-3H3,(H,38,42). The van der Waals surface area contributed by atoms with Gasteiger partial charge in [-0.2, -0.15) is 0 Å². The summed E-state index contributed by atoms with van der Waals surface area (Å²) in [6.07, 6.45) is 8.83. The number of carbonyl (C=O) groups is 1. The first-order chi connectivity index (χ1) is 21.3. The van der Waals surface area contributed by atoms with Gasteiger partial charge >= 0.3 is 6.09 Å². The van der Waals surface area contributed by atoms with Crippen LogP contribution in [0.4, 0.5) is 10.5 Å². The third-order valence-electron chi connectivity index (χ3n) is 8.82. The molecule has 0 bridgehead atoms. The Morgan fingerprint density at radius 2 is 1.55 bits per heavy atom. The SMILES string of the molecule is CC(COc1ccc(O)cc1)N(C)CCCCCCCCN1CCC(C)(OC(=O)Nc2ccccc2-c2ccccc2)CC1. The smallest absolute Gasteiger partial charge is 0.412 e. The molecule has 7 heteroatoms. The van der Waals surface area contributed by atoms with Crippen molar-refractivity contribution in [2.24, 2.45) is 0 Å². The van der Waals surface area contributed by atoms with Crippen LogP contribution in [0.3, 0.4) is 0 Å². The van der Waals surface area contributed by atoms with Crippen molar-refractivity contribution in [3.8, 4) is 22.6 Å². The number of nitrogens with one attached hydrogen (secondary N) is 1. The fourth-order valence-electron chi connectivity index (χ4n) is 5.68. The summed E-state index contributed by atoms with van der Waals surface area (Å²) in [4.78, 5) is 17.8. The van der Waals surface area contributed by atoms with Crippen molar-refractivity contribution in [3.05, 3.63) is 78.9 Å². The summed E-state index contributed by atoms with van der Waals surface area (Å²) in [6.45, 7) is 9.02. The third kappa shape index (κ3) is 10.9. The van der Waals surface area contributed by atoms with E-state index in [0.29, 0.717) is 12.6 Å². The molecule has 1 unspecified atom stereocenters. The molecular formula is C37H51N3O4. The highest BCUT2D eigenvalue weighted by Gasteiger charge is 2.33. The number of hydrogen-bond acceptors (Lipinski definition) is 6. The number of phenols is 1. The van der Waals surface area contributed by atoms with E-state index >= 15 is 0 Å². The molecule has 0 spiro atoms. The van der Waals surface area contributed by atoms with Gasteiger partial charge < -0.3 is 24.4 Å². The zero-order valence-corrected chi connectivity index (χ0v) is 26.8. The second kappa shape index (κ2) is 17.1. The number of rotatable bonds is 16. The fraction of sp³-hybridized carbons (Fsp3) is 0.486. The Kier molecular flexibility index (Phi) is 12.9. The number of aromatic hydroxyl groups is 1. The average Bonchev–Trinajstić information content (AvgIpc) is 3.03. The molecule has 1 amide bonds. The molecule has 1 aliphatic rings. The van der Waals surface area contributed by atoms with E-state index in [1.165, 1.54) is 38.5 Å². The summed E-state index contributed by atoms with van der Waals surface area (Å²) in [5.74, 6) is 1.05. The van der Waals surface area contributed by atoms with Crippen molar-refractivity contribution in [3.63, 3.8) is 0 Å². The van der Waals surface area contributed by atoms with Crippen molar-refractivity contribution in [1.82, 2.24) is 9.80 Å². The van der Waals surface area contributed by atoms with Crippen molar-refractivity contribution < 1.29 is 19.4 Å². The first-order valence-corrected chi connectivity index (χ1v) is 16.3. The lowest BCUT2D eigenvalue weighted by atomic mass is 9.93. The molecule has 1 fully saturated rings. The van der Waals surface area contributed by atoms with Crippen LogP contribution in [0.1, 0.15) is 65.2 Å². The van der Waals surface area contributed by atoms with E-state index in [0.717, 1.165) is 61.6 Å². The maximum Gasteiger partial charge on any atom is 0.412 e. The molecule has 7 nitrogen and oxygen atoms in total. The van der Waals surface area contributed by atoms with E-state index in [4.69, 9.17) is 9.47 Å². The third-order valence-corrected chi connectivity index (χ3v) is 8.82. The topological polar surface area (TPSA) is 74.3 Å². The Morgan fingerprint density at radius 3 is 2.27 bits per heavy atom. The molecule has 1 atom stereocenters. The van der Waals surface area contributed by atoms with Crippen LogP contribution in [0, 0.1) is 0 Å². The van der Waals surface area contributed by atoms with Gasteiger partial charge in [0.15, 0.2) is 0 Å². The summed E-state index contributed by atoms with van der Waals surface area (Å²) in [7, 11) is 2.16. The van der Waals surface area contributed by atoms with Crippen LogP contribution >= 0.6 is 0 Å². The number of piperidine rings is 1. The van der Waals surface area contributed by atoms with Gasteiger partial charge in [0.2, 0.25) is 0 Å². The first kappa shape index (κ1) is 33.3. The number of likely N-dealkylation sites (N-methyl/N-ethyl adjacent to an activating group) is 1. The maximum absolute atomic E-state index is 12.9. The van der Waals surface area contributed by atoms with Crippen LogP contribution in [0.2, 0.25) is 0 Å². The van der Waals surface area contributed by atoms with Crippen LogP contribution in [0.15, 0.2) is 78.9 Å². The number of anilines is 1. The number of likely N-dealkylation sites (tertiary alicyclic amines) is 1. The Balaban J connectivity index is 1.04. The highest BCUT2D eigenvalue weighted by molar-refractivity contribution is 5.91. The summed E-state index contributed by atoms with van der Waals surface area (Å²) >= 11 is 0. The maximum atomic E-state index is 12.9. The van der Waals surface area contributed by atoms with Crippen LogP contribution < -0.4 is 10.1 Å². The molecule has 3 aromatic carbocycles. The molecule has 44 heavy (non-hydrogen) atoms. The fourth-order valence-corrected chi connectivity index (χ4v) is 5.68. The number of unbranched alkanes of at least 4 members (excludes halogenated alkanes) is 5. The van der Waals surface area contributed by atoms with E-state index < -0.39 is 5.60 Å². The predicted octanol–water partition coefficient (Wildman–Crippen LogP) is 8.20. The minimum atomic E-state index is -0.440. The zero-order valence-electron chi connectivity index (χ0n) is 26.8. The zero-order chi connectivity index (χ0) is 31.2. The summed E-state index contributed by atoms with van der Waals surface area (Å²) in [5.41, 5.74) is 2.38. The molecule has 2 N–H and O–H groups in total. The van der Waals surface area contributed by atoms with E-state index in [1.807, 2.05) is 54.6 Å². The molecule has 1 saturated heterocycles. The largest absolute Gasteiger partial charge is 0.508 e. The minimum Gasteiger partial charge on any atom is -0.508 e. The van der Waals surface area contributed by atoms with Crippen molar-refractivity contribution in [1.29, 1.82) is 0 Å². The van der Waals surface area contributed by atoms with E-state index in [1.54, 1.807) is 24.3 Å². The highest BCUT2D eigenvalue weighted by atomic mass is 16.6. The van der Waals surface area contributed by atoms with Gasteiger partial charge in [-0.3, -0.25) is 5.32 Å². The summed E-state index contributed by atoms with van der Waals surface area (Å²) < 4.78 is 11.8. The van der Waals surface area contributed by atoms with Crippen LogP contribution in [0.25, 0.3) is 11.1 Å². The molecule has 1 heterocycles. The Morgan fingerprint density at radius 1 is 0.909 bits per heavy atom. The predicted molar refractivity (Wildman–Crippen MR) is 179 cm³/mol. The Labute approximate surface area is 264 Å². The number of nitrogens with zero attached hydrogens (tertiary/aromatic N) is 2. The Bertz CT molecular complexity index is 1260. The summed E-state index contributed by atoms with van der Waals surface area (Å²) in [6, 6.07) is 25.2. The lowest BCUT2D eigenvalue weighted by molar-refractivity contribution is -0.0163. The van der Waals surface area contributed by atoms with Crippen LogP contribution in [-0.4, -0.2) is 72.5 Å². The molecule has 0 aliphatic carbocycles. The number of benzene rings is 3. The van der Waals surface area contributed by atoms with Gasteiger partial charge in [0.25, 0.3) is 0 Å². The van der Waals surface area contributed by atoms with Crippen molar-refractivity contribution in [2.75, 3.05) is 45.2 Å². The lowest BCUT2D eigenvalue weighted by Gasteiger charge is -2.38. The molecule has 0 saturated carbocycles. The quantitative estimate of drug-likeness (QED) is 0.161. The van der Waals surface area contributed by atoms with Crippen LogP contribution in [0.5, 0.6) is 11.5 Å². The average molecular weight is 602 g/mol. The van der Waals surface area contributed by atoms with Gasteiger partial charge in [-0.25, -0.2) is 4.79 Å². The lowest BCUT2D eigenvalue weighted by Crippen LogP contribution is -2.46. The van der Waals surface area contributed by atoms with E-state index in [9.17, 15) is 9.90 Å². The van der Waals surface area contributed by atoms with Gasteiger partial charge in [-0.05, 0) is 95.6 Å². The second-order valence-electron chi connectivity index (χ2n) is 12.5. The molecule has 3 aromatic rings. The normalized spacial score (nSPS) is 15.5. The highest BCUT2D eigenvalue weighted by Crippen LogP contribution is 2.30. The monoisotopic (exact) mass is 601 g/mol. The van der Waals surface area contributed by atoms with E-state index in [-0.39, 0.29) is 11.8 Å². The molecular weight excluding hydrogens is 550 g/mol. The van der Waals surface area contributed by atoms with E-state index in [2.05, 4.69) is 36.0 Å². The molecule has 238 valence electrons. The molecule has 4 rings (SSSR count). The van der Waals surface area contributed by atoms with Gasteiger partial charge in [-0.15, -0.1) is 0 Å². The molecule has 0 radical (unpaired) electrons. The number of carbonyl (C=O) groups excluding carboxylic acids is 1. The van der Waals surface area contributed by atoms with Crippen LogP contribution in [-0.2, 0) is 4.74 Å². The number of hydrogen-bond donors (Lipinski definition) is 2. The first-order valence-electron chi connectivity index (χ1n) is 16.3. The van der Waals surface area contributed by atoms with Crippen molar-refractivity contribution >= 4 is 11.8 Å².